The fourth-order valence-corrected chi connectivity index (χ4v) is 3.83. The maximum atomic E-state index is 13.3. The van der Waals surface area contributed by atoms with E-state index in [1.807, 2.05) is 13.8 Å². The van der Waals surface area contributed by atoms with E-state index in [1.54, 1.807) is 0 Å². The van der Waals surface area contributed by atoms with E-state index in [4.69, 9.17) is 9.47 Å². The van der Waals surface area contributed by atoms with Crippen LogP contribution in [0.4, 0.5) is 28.0 Å². The summed E-state index contributed by atoms with van der Waals surface area (Å²) in [5.41, 5.74) is 0.380. The first kappa shape index (κ1) is 24.3. The molecule has 3 heterocycles. The molecule has 12 heteroatoms. The molecule has 0 radical (unpaired) electrons. The number of carbonyl (C=O) groups excluding carboxylic acids is 2. The molecule has 188 valence electrons. The molecule has 1 saturated carbocycles. The van der Waals surface area contributed by atoms with Crippen molar-refractivity contribution in [3.63, 3.8) is 0 Å². The average molecular weight is 488 g/mol. The highest BCUT2D eigenvalue weighted by Crippen LogP contribution is 2.38. The van der Waals surface area contributed by atoms with E-state index in [0.717, 1.165) is 17.7 Å². The van der Waals surface area contributed by atoms with Gasteiger partial charge in [0.15, 0.2) is 0 Å². The Hall–Kier alpha value is -2.79. The Balaban J connectivity index is 1.41. The molecule has 0 aromatic carbocycles. The second kappa shape index (κ2) is 9.10. The first-order valence-corrected chi connectivity index (χ1v) is 11.3. The van der Waals surface area contributed by atoms with Gasteiger partial charge in [-0.3, -0.25) is 4.79 Å². The molecule has 8 nitrogen and oxygen atoms in total. The Bertz CT molecular complexity index is 925. The van der Waals surface area contributed by atoms with E-state index in [0.29, 0.717) is 18.2 Å². The fraction of sp³-hybridized carbons (Fsp3) is 0.682. The van der Waals surface area contributed by atoms with Crippen LogP contribution in [0.3, 0.4) is 0 Å². The van der Waals surface area contributed by atoms with Gasteiger partial charge in [-0.25, -0.2) is 22.4 Å². The van der Waals surface area contributed by atoms with Crippen LogP contribution in [0.15, 0.2) is 12.1 Å². The molecule has 3 fully saturated rings. The zero-order chi connectivity index (χ0) is 24.7. The molecule has 2 saturated heterocycles. The van der Waals surface area contributed by atoms with Gasteiger partial charge in [0.05, 0.1) is 32.8 Å². The van der Waals surface area contributed by atoms with E-state index in [2.05, 4.69) is 10.3 Å². The second-order valence-electron chi connectivity index (χ2n) is 9.71. The number of carbonyl (C=O) groups is 2. The highest BCUT2D eigenvalue weighted by molar-refractivity contribution is 5.86. The van der Waals surface area contributed by atoms with E-state index >= 15 is 0 Å². The number of likely N-dealkylation sites (tertiary alicyclic amines) is 1. The van der Waals surface area contributed by atoms with Crippen LogP contribution in [0, 0.1) is 11.8 Å². The summed E-state index contributed by atoms with van der Waals surface area (Å²) in [6.07, 6.45) is 1.30. The van der Waals surface area contributed by atoms with Crippen molar-refractivity contribution in [2.45, 2.75) is 51.0 Å². The van der Waals surface area contributed by atoms with Crippen molar-refractivity contribution in [3.8, 4) is 11.8 Å². The summed E-state index contributed by atoms with van der Waals surface area (Å²) in [7, 11) is 0. The van der Waals surface area contributed by atoms with Crippen LogP contribution in [-0.4, -0.2) is 72.6 Å². The third-order valence-corrected chi connectivity index (χ3v) is 5.80. The Morgan fingerprint density at radius 3 is 2.32 bits per heavy atom. The molecule has 1 atom stereocenters. The summed E-state index contributed by atoms with van der Waals surface area (Å²) in [5, 5.41) is 2.44. The van der Waals surface area contributed by atoms with Crippen LogP contribution in [0.2, 0.25) is 0 Å². The lowest BCUT2D eigenvalue weighted by Gasteiger charge is -2.40. The predicted octanol–water partition coefficient (Wildman–Crippen LogP) is 3.31. The van der Waals surface area contributed by atoms with Crippen LogP contribution in [0.5, 0.6) is 11.8 Å². The Kier molecular flexibility index (Phi) is 6.52. The number of nitrogens with one attached hydrogen (secondary N) is 1. The van der Waals surface area contributed by atoms with E-state index in [-0.39, 0.29) is 24.1 Å². The molecule has 1 aromatic rings. The van der Waals surface area contributed by atoms with Crippen molar-refractivity contribution < 1.29 is 36.6 Å². The molecule has 0 bridgehead atoms. The number of anilines is 1. The molecule has 0 spiro atoms. The summed E-state index contributed by atoms with van der Waals surface area (Å²) >= 11 is 0. The number of hydrogen-bond acceptors (Lipinski definition) is 6. The van der Waals surface area contributed by atoms with Gasteiger partial charge in [0.25, 0.3) is 11.8 Å². The molecule has 1 N–H and O–H groups in total. The minimum atomic E-state index is -2.92. The minimum absolute atomic E-state index is 0.00512. The lowest BCUT2D eigenvalue weighted by atomic mass is 10.0. The zero-order valence-electron chi connectivity index (χ0n) is 19.0. The summed E-state index contributed by atoms with van der Waals surface area (Å²) in [6, 6.07) is 1.81. The SMILES string of the molecule is CC(C)C[C@H](NC(=O)Oc1ccc(N2CC(F)(F)C2)c(OCC2CC2)n1)C(=O)N1CC(F)(F)C1. The van der Waals surface area contributed by atoms with Gasteiger partial charge in [-0.2, -0.15) is 4.98 Å². The number of rotatable bonds is 9. The van der Waals surface area contributed by atoms with E-state index in [1.165, 1.54) is 17.0 Å². The van der Waals surface area contributed by atoms with E-state index in [9.17, 15) is 27.2 Å². The molecular formula is C22H28F4N4O4. The largest absolute Gasteiger partial charge is 0.476 e. The quantitative estimate of drug-likeness (QED) is 0.537. The molecule has 3 aliphatic rings. The maximum absolute atomic E-state index is 13.3. The van der Waals surface area contributed by atoms with Gasteiger partial charge in [0, 0.05) is 6.07 Å². The predicted molar refractivity (Wildman–Crippen MR) is 114 cm³/mol. The zero-order valence-corrected chi connectivity index (χ0v) is 19.0. The maximum Gasteiger partial charge on any atom is 0.414 e. The fourth-order valence-electron chi connectivity index (χ4n) is 3.83. The van der Waals surface area contributed by atoms with Gasteiger partial charge in [-0.15, -0.1) is 0 Å². The van der Waals surface area contributed by atoms with Crippen LogP contribution in [-0.2, 0) is 4.79 Å². The summed E-state index contributed by atoms with van der Waals surface area (Å²) in [5.74, 6) is -5.95. The Labute approximate surface area is 194 Å². The molecule has 2 amide bonds. The smallest absolute Gasteiger partial charge is 0.414 e. The van der Waals surface area contributed by atoms with Crippen LogP contribution in [0.1, 0.15) is 33.1 Å². The molecule has 0 unspecified atom stereocenters. The standard InChI is InChI=1S/C22H28F4N4O4/c1-13(2)7-15(19(31)30-11-22(25,26)12-30)27-20(32)34-17-6-5-16(29-9-21(23,24)10-29)18(28-17)33-8-14-3-4-14/h5-6,13-15H,3-4,7-12H2,1-2H3,(H,27,32)/t15-/m0/s1. The molecule has 34 heavy (non-hydrogen) atoms. The normalized spacial score (nSPS) is 21.4. The molecule has 1 aliphatic carbocycles. The van der Waals surface area contributed by atoms with Gasteiger partial charge in [-0.1, -0.05) is 13.8 Å². The number of ether oxygens (including phenoxy) is 2. The molecule has 2 aliphatic heterocycles. The average Bonchev–Trinajstić information content (AvgIpc) is 3.52. The topological polar surface area (TPSA) is 84.0 Å². The van der Waals surface area contributed by atoms with E-state index < -0.39 is 56.1 Å². The van der Waals surface area contributed by atoms with Crippen LogP contribution >= 0.6 is 0 Å². The van der Waals surface area contributed by atoms with Crippen molar-refractivity contribution >= 4 is 17.7 Å². The van der Waals surface area contributed by atoms with Crippen molar-refractivity contribution in [3.05, 3.63) is 12.1 Å². The van der Waals surface area contributed by atoms with Gasteiger partial charge in [0.1, 0.15) is 11.7 Å². The lowest BCUT2D eigenvalue weighted by Crippen LogP contribution is -2.63. The Morgan fingerprint density at radius 2 is 1.76 bits per heavy atom. The first-order chi connectivity index (χ1) is 15.9. The number of amides is 2. The van der Waals surface area contributed by atoms with Crippen LogP contribution in [0.25, 0.3) is 0 Å². The first-order valence-electron chi connectivity index (χ1n) is 11.3. The van der Waals surface area contributed by atoms with Crippen molar-refractivity contribution in [1.82, 2.24) is 15.2 Å². The number of nitrogens with zero attached hydrogens (tertiary/aromatic N) is 3. The van der Waals surface area contributed by atoms with Crippen LogP contribution < -0.4 is 19.7 Å². The summed E-state index contributed by atoms with van der Waals surface area (Å²) in [6.45, 7) is 1.77. The van der Waals surface area contributed by atoms with Crippen molar-refractivity contribution in [2.75, 3.05) is 37.7 Å². The Morgan fingerprint density at radius 1 is 1.12 bits per heavy atom. The van der Waals surface area contributed by atoms with Gasteiger partial charge in [0.2, 0.25) is 17.7 Å². The highest BCUT2D eigenvalue weighted by Gasteiger charge is 2.48. The monoisotopic (exact) mass is 488 g/mol. The molecule has 4 rings (SSSR count). The number of pyridine rings is 1. The highest BCUT2D eigenvalue weighted by atomic mass is 19.3. The number of alkyl halides is 4. The molecule has 1 aromatic heterocycles. The molecular weight excluding hydrogens is 460 g/mol. The summed E-state index contributed by atoms with van der Waals surface area (Å²) < 4.78 is 63.9. The van der Waals surface area contributed by atoms with Gasteiger partial charge < -0.3 is 24.6 Å². The number of halogens is 4. The third kappa shape index (κ3) is 6.01. The number of aromatic nitrogens is 1. The van der Waals surface area contributed by atoms with Crippen molar-refractivity contribution in [2.24, 2.45) is 11.8 Å². The van der Waals surface area contributed by atoms with Gasteiger partial charge >= 0.3 is 6.09 Å². The van der Waals surface area contributed by atoms with Gasteiger partial charge in [-0.05, 0) is 37.2 Å². The summed E-state index contributed by atoms with van der Waals surface area (Å²) in [4.78, 5) is 31.7. The lowest BCUT2D eigenvalue weighted by molar-refractivity contribution is -0.167. The third-order valence-electron chi connectivity index (χ3n) is 5.80. The minimum Gasteiger partial charge on any atom is -0.476 e. The second-order valence-corrected chi connectivity index (χ2v) is 9.71. The number of hydrogen-bond donors (Lipinski definition) is 1. The van der Waals surface area contributed by atoms with Crippen molar-refractivity contribution in [1.29, 1.82) is 0 Å².